The van der Waals surface area contributed by atoms with Gasteiger partial charge in [-0.2, -0.15) is 5.26 Å². The summed E-state index contributed by atoms with van der Waals surface area (Å²) in [5.74, 6) is -1.24. The highest BCUT2D eigenvalue weighted by Gasteiger charge is 2.20. The molecule has 19 heavy (non-hydrogen) atoms. The number of aromatic carboxylic acids is 1. The van der Waals surface area contributed by atoms with Crippen LogP contribution in [-0.2, 0) is 11.3 Å². The minimum absolute atomic E-state index is 0.0570. The summed E-state index contributed by atoms with van der Waals surface area (Å²) in [6.07, 6.45) is 0. The molecule has 0 unspecified atom stereocenters. The van der Waals surface area contributed by atoms with Crippen molar-refractivity contribution in [3.05, 3.63) is 41.3 Å². The first kappa shape index (κ1) is 12.8. The molecule has 0 radical (unpaired) electrons. The van der Waals surface area contributed by atoms with E-state index in [2.05, 4.69) is 4.98 Å². The van der Waals surface area contributed by atoms with E-state index in [0.717, 1.165) is 0 Å². The molecule has 0 atom stereocenters. The summed E-state index contributed by atoms with van der Waals surface area (Å²) < 4.78 is 10.1. The first-order valence-corrected chi connectivity index (χ1v) is 5.38. The molecule has 2 aromatic rings. The van der Waals surface area contributed by atoms with Crippen LogP contribution in [0.15, 0.2) is 28.7 Å². The van der Waals surface area contributed by atoms with Gasteiger partial charge in [0.25, 0.3) is 0 Å². The third-order valence-corrected chi connectivity index (χ3v) is 2.43. The Bertz CT molecular complexity index is 638. The van der Waals surface area contributed by atoms with Crippen LogP contribution >= 0.6 is 0 Å². The lowest BCUT2D eigenvalue weighted by molar-refractivity contribution is 0.0656. The number of carboxylic acid groups (broad SMARTS) is 1. The Morgan fingerprint density at radius 2 is 2.16 bits per heavy atom. The zero-order valence-corrected chi connectivity index (χ0v) is 10.1. The van der Waals surface area contributed by atoms with E-state index in [1.807, 2.05) is 6.07 Å². The van der Waals surface area contributed by atoms with Crippen molar-refractivity contribution in [3.63, 3.8) is 0 Å². The standard InChI is InChI=1S/C13H10N2O4/c1-18-7-10-11(13(16)17)19-12(15-10)9-4-2-8(6-14)3-5-9/h2-5H,7H2,1H3,(H,16,17). The van der Waals surface area contributed by atoms with Crippen molar-refractivity contribution in [1.29, 1.82) is 5.26 Å². The van der Waals surface area contributed by atoms with E-state index in [9.17, 15) is 4.79 Å². The molecule has 0 saturated heterocycles. The predicted molar refractivity (Wildman–Crippen MR) is 64.3 cm³/mol. The van der Waals surface area contributed by atoms with E-state index in [0.29, 0.717) is 11.1 Å². The second-order valence-corrected chi connectivity index (χ2v) is 3.72. The molecule has 6 heteroatoms. The van der Waals surface area contributed by atoms with E-state index >= 15 is 0 Å². The van der Waals surface area contributed by atoms with Crippen molar-refractivity contribution in [1.82, 2.24) is 4.98 Å². The number of carbonyl (C=O) groups is 1. The topological polar surface area (TPSA) is 96.4 Å². The van der Waals surface area contributed by atoms with Crippen LogP contribution in [-0.4, -0.2) is 23.2 Å². The van der Waals surface area contributed by atoms with E-state index in [4.69, 9.17) is 19.5 Å². The average Bonchev–Trinajstić information content (AvgIpc) is 2.83. The van der Waals surface area contributed by atoms with Gasteiger partial charge in [0.15, 0.2) is 0 Å². The van der Waals surface area contributed by atoms with Gasteiger partial charge < -0.3 is 14.3 Å². The molecule has 1 aromatic carbocycles. The Labute approximate surface area is 108 Å². The van der Waals surface area contributed by atoms with Gasteiger partial charge in [0.2, 0.25) is 11.7 Å². The number of benzene rings is 1. The summed E-state index contributed by atoms with van der Waals surface area (Å²) in [6.45, 7) is 0.0570. The van der Waals surface area contributed by atoms with Crippen LogP contribution in [0.25, 0.3) is 11.5 Å². The zero-order chi connectivity index (χ0) is 13.8. The fraction of sp³-hybridized carbons (Fsp3) is 0.154. The summed E-state index contributed by atoms with van der Waals surface area (Å²) >= 11 is 0. The van der Waals surface area contributed by atoms with Crippen LogP contribution in [0.2, 0.25) is 0 Å². The Morgan fingerprint density at radius 3 is 2.68 bits per heavy atom. The lowest BCUT2D eigenvalue weighted by atomic mass is 10.1. The van der Waals surface area contributed by atoms with Gasteiger partial charge in [0.1, 0.15) is 5.69 Å². The molecule has 0 bridgehead atoms. The summed E-state index contributed by atoms with van der Waals surface area (Å²) in [6, 6.07) is 8.50. The average molecular weight is 258 g/mol. The molecule has 96 valence electrons. The summed E-state index contributed by atoms with van der Waals surface area (Å²) in [4.78, 5) is 15.1. The second kappa shape index (κ2) is 5.33. The number of nitrogens with zero attached hydrogens (tertiary/aromatic N) is 2. The number of hydrogen-bond donors (Lipinski definition) is 1. The van der Waals surface area contributed by atoms with Gasteiger partial charge in [0, 0.05) is 12.7 Å². The first-order chi connectivity index (χ1) is 9.15. The van der Waals surface area contributed by atoms with Crippen LogP contribution in [0.3, 0.4) is 0 Å². The molecule has 1 aromatic heterocycles. The van der Waals surface area contributed by atoms with Crippen molar-refractivity contribution >= 4 is 5.97 Å². The molecule has 0 fully saturated rings. The third kappa shape index (κ3) is 2.61. The molecule has 0 aliphatic rings. The molecule has 0 spiro atoms. The van der Waals surface area contributed by atoms with Gasteiger partial charge in [-0.15, -0.1) is 0 Å². The first-order valence-electron chi connectivity index (χ1n) is 5.38. The lowest BCUT2D eigenvalue weighted by Crippen LogP contribution is -2.00. The van der Waals surface area contributed by atoms with Crippen LogP contribution < -0.4 is 0 Å². The molecule has 0 saturated carbocycles. The number of hydrogen-bond acceptors (Lipinski definition) is 5. The highest BCUT2D eigenvalue weighted by Crippen LogP contribution is 2.23. The van der Waals surface area contributed by atoms with Gasteiger partial charge in [-0.1, -0.05) is 0 Å². The molecular formula is C13H10N2O4. The van der Waals surface area contributed by atoms with E-state index < -0.39 is 5.97 Å². The van der Waals surface area contributed by atoms with Crippen molar-refractivity contribution in [2.75, 3.05) is 7.11 Å². The summed E-state index contributed by atoms with van der Waals surface area (Å²) in [5, 5.41) is 17.7. The van der Waals surface area contributed by atoms with E-state index in [1.165, 1.54) is 7.11 Å². The van der Waals surface area contributed by atoms with Gasteiger partial charge in [-0.05, 0) is 24.3 Å². The molecule has 0 amide bonds. The third-order valence-electron chi connectivity index (χ3n) is 2.43. The van der Waals surface area contributed by atoms with Crippen LogP contribution in [0.1, 0.15) is 21.8 Å². The maximum atomic E-state index is 11.0. The highest BCUT2D eigenvalue weighted by atomic mass is 16.5. The molecule has 6 nitrogen and oxygen atoms in total. The maximum Gasteiger partial charge on any atom is 0.373 e. The Hall–Kier alpha value is -2.65. The Kier molecular flexibility index (Phi) is 3.59. The maximum absolute atomic E-state index is 11.0. The normalized spacial score (nSPS) is 10.1. The fourth-order valence-corrected chi connectivity index (χ4v) is 1.56. The Morgan fingerprint density at radius 1 is 1.47 bits per heavy atom. The van der Waals surface area contributed by atoms with Gasteiger partial charge in [0.05, 0.1) is 18.2 Å². The quantitative estimate of drug-likeness (QED) is 0.901. The molecule has 2 rings (SSSR count). The van der Waals surface area contributed by atoms with Crippen molar-refractivity contribution in [2.45, 2.75) is 6.61 Å². The van der Waals surface area contributed by atoms with Gasteiger partial charge in [-0.3, -0.25) is 0 Å². The van der Waals surface area contributed by atoms with Crippen molar-refractivity contribution < 1.29 is 19.1 Å². The number of methoxy groups -OCH3 is 1. The zero-order valence-electron chi connectivity index (χ0n) is 10.1. The number of oxazole rings is 1. The van der Waals surface area contributed by atoms with E-state index in [-0.39, 0.29) is 24.0 Å². The number of aromatic nitrogens is 1. The number of rotatable bonds is 4. The monoisotopic (exact) mass is 258 g/mol. The van der Waals surface area contributed by atoms with Crippen LogP contribution in [0.4, 0.5) is 0 Å². The molecule has 0 aliphatic carbocycles. The predicted octanol–water partition coefficient (Wildman–Crippen LogP) is 2.06. The second-order valence-electron chi connectivity index (χ2n) is 3.72. The van der Waals surface area contributed by atoms with Gasteiger partial charge >= 0.3 is 5.97 Å². The molecular weight excluding hydrogens is 248 g/mol. The van der Waals surface area contributed by atoms with Crippen LogP contribution in [0.5, 0.6) is 0 Å². The number of carboxylic acids is 1. The smallest absolute Gasteiger partial charge is 0.373 e. The SMILES string of the molecule is COCc1nc(-c2ccc(C#N)cc2)oc1C(=O)O. The summed E-state index contributed by atoms with van der Waals surface area (Å²) in [7, 11) is 1.45. The van der Waals surface area contributed by atoms with Gasteiger partial charge in [-0.25, -0.2) is 9.78 Å². The van der Waals surface area contributed by atoms with Crippen molar-refractivity contribution in [3.8, 4) is 17.5 Å². The Balaban J connectivity index is 2.42. The molecule has 1 N–H and O–H groups in total. The number of nitriles is 1. The minimum atomic E-state index is -1.19. The summed E-state index contributed by atoms with van der Waals surface area (Å²) in [5.41, 5.74) is 1.34. The fourth-order valence-electron chi connectivity index (χ4n) is 1.56. The lowest BCUT2D eigenvalue weighted by Gasteiger charge is -1.94. The number of ether oxygens (including phenoxy) is 1. The van der Waals surface area contributed by atoms with E-state index in [1.54, 1.807) is 24.3 Å². The molecule has 1 heterocycles. The minimum Gasteiger partial charge on any atom is -0.475 e. The van der Waals surface area contributed by atoms with Crippen LogP contribution in [0, 0.1) is 11.3 Å². The largest absolute Gasteiger partial charge is 0.475 e. The highest BCUT2D eigenvalue weighted by molar-refractivity contribution is 5.86. The van der Waals surface area contributed by atoms with Crippen molar-refractivity contribution in [2.24, 2.45) is 0 Å². The molecule has 0 aliphatic heterocycles.